The lowest BCUT2D eigenvalue weighted by Gasteiger charge is -2.27. The highest BCUT2D eigenvalue weighted by Crippen LogP contribution is 2.31. The van der Waals surface area contributed by atoms with Crippen molar-refractivity contribution in [2.24, 2.45) is 0 Å². The fourth-order valence-electron chi connectivity index (χ4n) is 1.81. The van der Waals surface area contributed by atoms with E-state index in [4.69, 9.17) is 13.1 Å². The van der Waals surface area contributed by atoms with Gasteiger partial charge in [0.2, 0.25) is 0 Å². The second-order valence-electron chi connectivity index (χ2n) is 3.69. The number of rotatable bonds is 1. The molecule has 1 fully saturated rings. The van der Waals surface area contributed by atoms with Crippen LogP contribution in [0.25, 0.3) is 0 Å². The zero-order chi connectivity index (χ0) is 11.0. The molecule has 84 valence electrons. The van der Waals surface area contributed by atoms with Crippen LogP contribution >= 0.6 is 0 Å². The Labute approximate surface area is 90.3 Å². The lowest BCUT2D eigenvalue weighted by atomic mass is 9.93. The number of ether oxygens (including phenoxy) is 1. The standard InChI is InChI=1S/C9H12O5S/c1-5-3-7(12-6(2)10)9-8(4-5)13-15(11)14-9/h4,7-9H,3H2,1-2H3/t7-,8-,9+,15?/m1/s1. The Morgan fingerprint density at radius 1 is 1.60 bits per heavy atom. The molecule has 0 aromatic heterocycles. The largest absolute Gasteiger partial charge is 0.459 e. The molecule has 1 heterocycles. The number of hydrogen-bond acceptors (Lipinski definition) is 5. The van der Waals surface area contributed by atoms with Gasteiger partial charge in [-0.3, -0.25) is 13.2 Å². The van der Waals surface area contributed by atoms with Gasteiger partial charge in [0.1, 0.15) is 18.3 Å². The van der Waals surface area contributed by atoms with E-state index in [9.17, 15) is 9.00 Å². The number of hydrogen-bond donors (Lipinski definition) is 0. The molecule has 4 atom stereocenters. The molecule has 1 aliphatic carbocycles. The summed E-state index contributed by atoms with van der Waals surface area (Å²) in [5.41, 5.74) is 1.05. The molecule has 0 bridgehead atoms. The van der Waals surface area contributed by atoms with Crippen LogP contribution in [0.5, 0.6) is 0 Å². The first-order valence-corrected chi connectivity index (χ1v) is 5.67. The van der Waals surface area contributed by atoms with E-state index in [2.05, 4.69) is 0 Å². The highest BCUT2D eigenvalue weighted by Gasteiger charge is 2.43. The summed E-state index contributed by atoms with van der Waals surface area (Å²) in [5, 5.41) is 0. The third kappa shape index (κ3) is 2.27. The van der Waals surface area contributed by atoms with Crippen molar-refractivity contribution in [1.29, 1.82) is 0 Å². The number of fused-ring (bicyclic) bond motifs is 1. The van der Waals surface area contributed by atoms with Crippen molar-refractivity contribution >= 4 is 17.3 Å². The van der Waals surface area contributed by atoms with Crippen molar-refractivity contribution in [2.45, 2.75) is 38.6 Å². The van der Waals surface area contributed by atoms with Crippen LogP contribution in [0.4, 0.5) is 0 Å². The van der Waals surface area contributed by atoms with Crippen LogP contribution in [0, 0.1) is 0 Å². The van der Waals surface area contributed by atoms with Gasteiger partial charge in [-0.2, -0.15) is 4.21 Å². The average molecular weight is 232 g/mol. The van der Waals surface area contributed by atoms with E-state index in [-0.39, 0.29) is 12.1 Å². The van der Waals surface area contributed by atoms with E-state index in [1.165, 1.54) is 6.92 Å². The Kier molecular flexibility index (Phi) is 2.90. The fourth-order valence-corrected chi connectivity index (χ4v) is 2.62. The van der Waals surface area contributed by atoms with Crippen LogP contribution in [0.2, 0.25) is 0 Å². The topological polar surface area (TPSA) is 61.8 Å². The molecule has 1 saturated heterocycles. The van der Waals surface area contributed by atoms with E-state index < -0.39 is 23.6 Å². The predicted molar refractivity (Wildman–Crippen MR) is 51.8 cm³/mol. The summed E-state index contributed by atoms with van der Waals surface area (Å²) < 4.78 is 26.2. The van der Waals surface area contributed by atoms with E-state index in [1.54, 1.807) is 0 Å². The Morgan fingerprint density at radius 2 is 2.33 bits per heavy atom. The molecule has 0 amide bonds. The molecule has 6 heteroatoms. The van der Waals surface area contributed by atoms with Gasteiger partial charge in [0.05, 0.1) is 0 Å². The quantitative estimate of drug-likeness (QED) is 0.490. The molecular formula is C9H12O5S. The zero-order valence-electron chi connectivity index (χ0n) is 8.47. The van der Waals surface area contributed by atoms with Crippen molar-refractivity contribution in [1.82, 2.24) is 0 Å². The normalized spacial score (nSPS) is 39.5. The predicted octanol–water partition coefficient (Wildman–Crippen LogP) is 0.631. The maximum absolute atomic E-state index is 11.0. The molecular weight excluding hydrogens is 220 g/mol. The minimum Gasteiger partial charge on any atom is -0.459 e. The lowest BCUT2D eigenvalue weighted by molar-refractivity contribution is -0.151. The maximum Gasteiger partial charge on any atom is 0.305 e. The molecule has 0 aromatic rings. The smallest absolute Gasteiger partial charge is 0.305 e. The summed E-state index contributed by atoms with van der Waals surface area (Å²) in [4.78, 5) is 10.9. The molecule has 0 radical (unpaired) electrons. The van der Waals surface area contributed by atoms with Crippen LogP contribution < -0.4 is 0 Å². The maximum atomic E-state index is 11.0. The van der Waals surface area contributed by atoms with Crippen molar-refractivity contribution in [3.8, 4) is 0 Å². The van der Waals surface area contributed by atoms with E-state index in [0.717, 1.165) is 5.57 Å². The van der Waals surface area contributed by atoms with Crippen LogP contribution in [-0.2, 0) is 29.3 Å². The second-order valence-corrected chi connectivity index (χ2v) is 4.48. The van der Waals surface area contributed by atoms with Gasteiger partial charge >= 0.3 is 17.3 Å². The molecule has 0 aromatic carbocycles. The summed E-state index contributed by atoms with van der Waals surface area (Å²) in [6, 6.07) is 0. The number of carbonyl (C=O) groups excluding carboxylic acids is 1. The van der Waals surface area contributed by atoms with Gasteiger partial charge in [-0.25, -0.2) is 0 Å². The molecule has 2 aliphatic rings. The number of carbonyl (C=O) groups is 1. The van der Waals surface area contributed by atoms with E-state index >= 15 is 0 Å². The van der Waals surface area contributed by atoms with Crippen molar-refractivity contribution in [2.75, 3.05) is 0 Å². The van der Waals surface area contributed by atoms with Crippen LogP contribution in [0.3, 0.4) is 0 Å². The molecule has 1 unspecified atom stereocenters. The summed E-state index contributed by atoms with van der Waals surface area (Å²) in [6.45, 7) is 3.26. The van der Waals surface area contributed by atoms with Crippen molar-refractivity contribution < 1.29 is 22.1 Å². The van der Waals surface area contributed by atoms with Gasteiger partial charge in [-0.05, 0) is 6.92 Å². The third-order valence-electron chi connectivity index (χ3n) is 2.36. The average Bonchev–Trinajstić information content (AvgIpc) is 2.44. The lowest BCUT2D eigenvalue weighted by Crippen LogP contribution is -2.40. The molecule has 1 aliphatic heterocycles. The van der Waals surface area contributed by atoms with Gasteiger partial charge < -0.3 is 4.74 Å². The highest BCUT2D eigenvalue weighted by molar-refractivity contribution is 7.75. The summed E-state index contributed by atoms with van der Waals surface area (Å²) in [6.07, 6.45) is 1.24. The van der Waals surface area contributed by atoms with Crippen LogP contribution in [0.15, 0.2) is 11.6 Å². The first kappa shape index (κ1) is 10.8. The van der Waals surface area contributed by atoms with Gasteiger partial charge in [-0.15, -0.1) is 0 Å². The van der Waals surface area contributed by atoms with Crippen LogP contribution in [0.1, 0.15) is 20.3 Å². The Balaban J connectivity index is 2.16. The van der Waals surface area contributed by atoms with Crippen LogP contribution in [-0.4, -0.2) is 28.5 Å². The Morgan fingerprint density at radius 3 is 3.00 bits per heavy atom. The zero-order valence-corrected chi connectivity index (χ0v) is 9.28. The van der Waals surface area contributed by atoms with Gasteiger partial charge in [0.25, 0.3) is 0 Å². The first-order valence-electron chi connectivity index (χ1n) is 4.67. The van der Waals surface area contributed by atoms with Gasteiger partial charge in [0, 0.05) is 13.3 Å². The number of esters is 1. The first-order chi connectivity index (χ1) is 7.06. The molecule has 0 spiro atoms. The summed E-state index contributed by atoms with van der Waals surface area (Å²) >= 11 is -1.73. The molecule has 5 nitrogen and oxygen atoms in total. The molecule has 0 N–H and O–H groups in total. The monoisotopic (exact) mass is 232 g/mol. The molecule has 2 rings (SSSR count). The molecule has 0 saturated carbocycles. The Hall–Kier alpha value is -0.720. The third-order valence-corrected chi connectivity index (χ3v) is 3.12. The minimum absolute atomic E-state index is 0.366. The van der Waals surface area contributed by atoms with Gasteiger partial charge in [-0.1, -0.05) is 11.6 Å². The Bertz CT molecular complexity index is 337. The van der Waals surface area contributed by atoms with Gasteiger partial charge in [0.15, 0.2) is 0 Å². The second kappa shape index (κ2) is 4.03. The minimum atomic E-state index is -1.73. The molecule has 15 heavy (non-hydrogen) atoms. The van der Waals surface area contributed by atoms with E-state index in [1.807, 2.05) is 13.0 Å². The van der Waals surface area contributed by atoms with E-state index in [0.29, 0.717) is 6.42 Å². The van der Waals surface area contributed by atoms with Crippen molar-refractivity contribution in [3.63, 3.8) is 0 Å². The summed E-state index contributed by atoms with van der Waals surface area (Å²) in [5.74, 6) is -0.366. The summed E-state index contributed by atoms with van der Waals surface area (Å²) in [7, 11) is 0. The SMILES string of the molecule is CC(=O)O[C@@H]1CC(C)=C[C@H]2OS(=O)O[C@H]21. The highest BCUT2D eigenvalue weighted by atomic mass is 32.2. The fraction of sp³-hybridized carbons (Fsp3) is 0.667. The van der Waals surface area contributed by atoms with Crippen molar-refractivity contribution in [3.05, 3.63) is 11.6 Å².